The van der Waals surface area contributed by atoms with Gasteiger partial charge in [-0.05, 0) is 23.6 Å². The van der Waals surface area contributed by atoms with Gasteiger partial charge in [-0.3, -0.25) is 0 Å². The van der Waals surface area contributed by atoms with Gasteiger partial charge in [0.2, 0.25) is 0 Å². The van der Waals surface area contributed by atoms with Crippen LogP contribution < -0.4 is 5.32 Å². The van der Waals surface area contributed by atoms with Gasteiger partial charge in [0.15, 0.2) is 0 Å². The Bertz CT molecular complexity index is 795. The summed E-state index contributed by atoms with van der Waals surface area (Å²) in [6.45, 7) is 0.903. The van der Waals surface area contributed by atoms with E-state index >= 15 is 0 Å². The van der Waals surface area contributed by atoms with Crippen LogP contribution >= 0.6 is 11.3 Å². The molecule has 0 bridgehead atoms. The van der Waals surface area contributed by atoms with E-state index in [2.05, 4.69) is 52.8 Å². The summed E-state index contributed by atoms with van der Waals surface area (Å²) < 4.78 is 0. The summed E-state index contributed by atoms with van der Waals surface area (Å²) in [5.74, 6) is 0. The summed E-state index contributed by atoms with van der Waals surface area (Å²) >= 11 is 1.82. The molecule has 3 aromatic rings. The average Bonchev–Trinajstić information content (AvgIpc) is 2.94. The molecule has 1 N–H and O–H groups in total. The summed E-state index contributed by atoms with van der Waals surface area (Å²) in [5.41, 5.74) is 1.30. The number of thiazole rings is 1. The summed E-state index contributed by atoms with van der Waals surface area (Å²) in [6, 6.07) is 15.8. The van der Waals surface area contributed by atoms with Gasteiger partial charge in [0.05, 0.1) is 4.88 Å². The standard InChI is InChI=1S/C21H24N2S/c1-2-4-11-17(10-3-1)22-15-21-23-14-20(24-21)19-13-7-9-16-8-5-6-12-18(16)19/h5-9,12-14,17,22H,1-4,10-11,15H2. The van der Waals surface area contributed by atoms with Crippen LogP contribution in [0, 0.1) is 0 Å². The van der Waals surface area contributed by atoms with Crippen LogP contribution in [-0.4, -0.2) is 11.0 Å². The summed E-state index contributed by atoms with van der Waals surface area (Å²) in [5, 5.41) is 7.53. The monoisotopic (exact) mass is 336 g/mol. The molecule has 0 aliphatic heterocycles. The lowest BCUT2D eigenvalue weighted by Gasteiger charge is -2.14. The molecule has 1 heterocycles. The number of aromatic nitrogens is 1. The number of hydrogen-bond donors (Lipinski definition) is 1. The van der Waals surface area contributed by atoms with E-state index in [4.69, 9.17) is 0 Å². The maximum atomic E-state index is 4.66. The van der Waals surface area contributed by atoms with Crippen LogP contribution in [-0.2, 0) is 6.54 Å². The van der Waals surface area contributed by atoms with Crippen molar-refractivity contribution in [1.82, 2.24) is 10.3 Å². The molecule has 1 saturated carbocycles. The number of fused-ring (bicyclic) bond motifs is 1. The van der Waals surface area contributed by atoms with E-state index in [-0.39, 0.29) is 0 Å². The zero-order valence-electron chi connectivity index (χ0n) is 14.0. The number of nitrogens with one attached hydrogen (secondary N) is 1. The van der Waals surface area contributed by atoms with Gasteiger partial charge < -0.3 is 5.32 Å². The molecular formula is C21H24N2S. The minimum Gasteiger partial charge on any atom is -0.308 e. The van der Waals surface area contributed by atoms with E-state index < -0.39 is 0 Å². The van der Waals surface area contributed by atoms with Gasteiger partial charge in [-0.25, -0.2) is 4.98 Å². The molecule has 0 unspecified atom stereocenters. The number of hydrogen-bond acceptors (Lipinski definition) is 3. The molecule has 0 amide bonds. The van der Waals surface area contributed by atoms with Gasteiger partial charge >= 0.3 is 0 Å². The van der Waals surface area contributed by atoms with E-state index in [1.807, 2.05) is 17.5 Å². The zero-order chi connectivity index (χ0) is 16.2. The molecule has 1 fully saturated rings. The largest absolute Gasteiger partial charge is 0.308 e. The second-order valence-corrected chi connectivity index (χ2v) is 7.83. The minimum atomic E-state index is 0.678. The zero-order valence-corrected chi connectivity index (χ0v) is 14.8. The Hall–Kier alpha value is -1.71. The smallest absolute Gasteiger partial charge is 0.107 e. The van der Waals surface area contributed by atoms with Gasteiger partial charge in [-0.15, -0.1) is 11.3 Å². The molecule has 1 aliphatic rings. The third-order valence-corrected chi connectivity index (χ3v) is 6.04. The van der Waals surface area contributed by atoms with Gasteiger partial charge in [0.25, 0.3) is 0 Å². The van der Waals surface area contributed by atoms with Crippen LogP contribution in [0.5, 0.6) is 0 Å². The Morgan fingerprint density at radius 3 is 2.62 bits per heavy atom. The Morgan fingerprint density at radius 2 is 1.75 bits per heavy atom. The lowest BCUT2D eigenvalue weighted by atomic mass is 10.0. The quantitative estimate of drug-likeness (QED) is 0.611. The average molecular weight is 337 g/mol. The molecule has 0 saturated heterocycles. The number of nitrogens with zero attached hydrogens (tertiary/aromatic N) is 1. The third-order valence-electron chi connectivity index (χ3n) is 5.01. The molecule has 3 heteroatoms. The van der Waals surface area contributed by atoms with Crippen LogP contribution in [0.25, 0.3) is 21.2 Å². The molecular weight excluding hydrogens is 312 g/mol. The highest BCUT2D eigenvalue weighted by molar-refractivity contribution is 7.15. The first-order valence-electron chi connectivity index (χ1n) is 9.06. The first-order valence-corrected chi connectivity index (χ1v) is 9.88. The van der Waals surface area contributed by atoms with E-state index in [0.29, 0.717) is 6.04 Å². The van der Waals surface area contributed by atoms with Crippen LogP contribution in [0.15, 0.2) is 48.7 Å². The van der Waals surface area contributed by atoms with Crippen molar-refractivity contribution in [3.8, 4) is 10.4 Å². The van der Waals surface area contributed by atoms with Crippen molar-refractivity contribution >= 4 is 22.1 Å². The van der Waals surface area contributed by atoms with Gasteiger partial charge in [-0.1, -0.05) is 68.1 Å². The highest BCUT2D eigenvalue weighted by atomic mass is 32.1. The molecule has 1 aliphatic carbocycles. The summed E-state index contributed by atoms with van der Waals surface area (Å²) in [7, 11) is 0. The first-order chi connectivity index (χ1) is 11.9. The highest BCUT2D eigenvalue weighted by Gasteiger charge is 2.13. The Kier molecular flexibility index (Phi) is 4.91. The van der Waals surface area contributed by atoms with E-state index in [0.717, 1.165) is 6.54 Å². The normalized spacial score (nSPS) is 16.3. The van der Waals surface area contributed by atoms with E-state index in [1.54, 1.807) is 0 Å². The maximum absolute atomic E-state index is 4.66. The molecule has 2 aromatic carbocycles. The van der Waals surface area contributed by atoms with Crippen LogP contribution in [0.1, 0.15) is 43.5 Å². The Labute approximate surface area is 147 Å². The lowest BCUT2D eigenvalue weighted by molar-refractivity contribution is 0.458. The maximum Gasteiger partial charge on any atom is 0.107 e. The highest BCUT2D eigenvalue weighted by Crippen LogP contribution is 2.32. The van der Waals surface area contributed by atoms with Crippen molar-refractivity contribution in [2.24, 2.45) is 0 Å². The van der Waals surface area contributed by atoms with Crippen molar-refractivity contribution in [2.45, 2.75) is 51.1 Å². The Morgan fingerprint density at radius 1 is 0.958 bits per heavy atom. The molecule has 0 atom stereocenters. The number of rotatable bonds is 4. The topological polar surface area (TPSA) is 24.9 Å². The molecule has 1 aromatic heterocycles. The minimum absolute atomic E-state index is 0.678. The van der Waals surface area contributed by atoms with Crippen LogP contribution in [0.4, 0.5) is 0 Å². The van der Waals surface area contributed by atoms with Crippen molar-refractivity contribution < 1.29 is 0 Å². The SMILES string of the molecule is c1ccc2c(-c3cnc(CNC4CCCCCC4)s3)cccc2c1. The van der Waals surface area contributed by atoms with E-state index in [1.165, 1.54) is 64.7 Å². The summed E-state index contributed by atoms with van der Waals surface area (Å²) in [6.07, 6.45) is 10.2. The fourth-order valence-electron chi connectivity index (χ4n) is 3.67. The predicted molar refractivity (Wildman–Crippen MR) is 103 cm³/mol. The Balaban J connectivity index is 1.50. The molecule has 0 radical (unpaired) electrons. The van der Waals surface area contributed by atoms with Crippen molar-refractivity contribution in [1.29, 1.82) is 0 Å². The lowest BCUT2D eigenvalue weighted by Crippen LogP contribution is -2.27. The predicted octanol–water partition coefficient (Wildman–Crippen LogP) is 5.78. The van der Waals surface area contributed by atoms with Crippen molar-refractivity contribution in [3.05, 3.63) is 53.7 Å². The van der Waals surface area contributed by atoms with Crippen LogP contribution in [0.2, 0.25) is 0 Å². The second kappa shape index (κ2) is 7.45. The van der Waals surface area contributed by atoms with E-state index in [9.17, 15) is 0 Å². The van der Waals surface area contributed by atoms with Gasteiger partial charge in [0.1, 0.15) is 5.01 Å². The van der Waals surface area contributed by atoms with Crippen LogP contribution in [0.3, 0.4) is 0 Å². The van der Waals surface area contributed by atoms with Gasteiger partial charge in [0, 0.05) is 24.3 Å². The van der Waals surface area contributed by atoms with Crippen molar-refractivity contribution in [2.75, 3.05) is 0 Å². The first kappa shape index (κ1) is 15.8. The fourth-order valence-corrected chi connectivity index (χ4v) is 4.58. The third kappa shape index (κ3) is 3.52. The molecule has 4 rings (SSSR count). The summed E-state index contributed by atoms with van der Waals surface area (Å²) in [4.78, 5) is 5.93. The number of benzene rings is 2. The molecule has 24 heavy (non-hydrogen) atoms. The molecule has 124 valence electrons. The van der Waals surface area contributed by atoms with Gasteiger partial charge in [-0.2, -0.15) is 0 Å². The fraction of sp³-hybridized carbons (Fsp3) is 0.381. The molecule has 2 nitrogen and oxygen atoms in total. The molecule has 0 spiro atoms. The second-order valence-electron chi connectivity index (χ2n) is 6.71. The van der Waals surface area contributed by atoms with Crippen molar-refractivity contribution in [3.63, 3.8) is 0 Å².